The van der Waals surface area contributed by atoms with Gasteiger partial charge in [0.1, 0.15) is 5.75 Å². The van der Waals surface area contributed by atoms with Gasteiger partial charge in [0.05, 0.1) is 5.41 Å². The molecule has 5 heteroatoms. The van der Waals surface area contributed by atoms with Crippen LogP contribution in [-0.4, -0.2) is 23.7 Å². The molecule has 0 spiro atoms. The molecular formula is C20H25NO4. The molecule has 0 bridgehead atoms. The number of ketones is 1. The number of benzene rings is 1. The number of nitrogens with one attached hydrogen (secondary N) is 1. The number of ether oxygens (including phenoxy) is 1. The van der Waals surface area contributed by atoms with Crippen molar-refractivity contribution in [3.63, 3.8) is 0 Å². The summed E-state index contributed by atoms with van der Waals surface area (Å²) in [6.07, 6.45) is 6.62. The Kier molecular flexibility index (Phi) is 5.21. The molecule has 0 radical (unpaired) electrons. The van der Waals surface area contributed by atoms with Crippen LogP contribution in [0.2, 0.25) is 0 Å². The van der Waals surface area contributed by atoms with E-state index in [0.29, 0.717) is 30.2 Å². The fraction of sp³-hybridized carbons (Fsp3) is 0.550. The molecule has 2 saturated carbocycles. The van der Waals surface area contributed by atoms with Crippen LogP contribution in [0.1, 0.15) is 68.6 Å². The summed E-state index contributed by atoms with van der Waals surface area (Å²) in [6, 6.07) is 6.87. The van der Waals surface area contributed by atoms with Crippen LogP contribution in [0.4, 0.5) is 0 Å². The Morgan fingerprint density at radius 3 is 2.28 bits per heavy atom. The molecule has 3 rings (SSSR count). The topological polar surface area (TPSA) is 72.5 Å². The van der Waals surface area contributed by atoms with Crippen molar-refractivity contribution in [3.05, 3.63) is 29.8 Å². The summed E-state index contributed by atoms with van der Waals surface area (Å²) in [5, 5.41) is 2.98. The molecule has 0 unspecified atom stereocenters. The highest BCUT2D eigenvalue weighted by Crippen LogP contribution is 2.41. The quantitative estimate of drug-likeness (QED) is 0.488. The number of carbonyl (C=O) groups is 3. The largest absolute Gasteiger partial charge is 0.426 e. The lowest BCUT2D eigenvalue weighted by Gasteiger charge is -2.34. The molecule has 1 aromatic rings. The van der Waals surface area contributed by atoms with Gasteiger partial charge in [-0.3, -0.25) is 14.4 Å². The van der Waals surface area contributed by atoms with E-state index in [1.807, 2.05) is 0 Å². The minimum absolute atomic E-state index is 0.0293. The van der Waals surface area contributed by atoms with Gasteiger partial charge in [-0.25, -0.2) is 0 Å². The number of esters is 1. The zero-order valence-electron chi connectivity index (χ0n) is 14.7. The lowest BCUT2D eigenvalue weighted by molar-refractivity contribution is -0.151. The van der Waals surface area contributed by atoms with Gasteiger partial charge in [0.2, 0.25) is 5.91 Å². The van der Waals surface area contributed by atoms with Gasteiger partial charge in [-0.15, -0.1) is 0 Å². The molecule has 2 fully saturated rings. The summed E-state index contributed by atoms with van der Waals surface area (Å²) in [4.78, 5) is 36.5. The first kappa shape index (κ1) is 17.6. The molecule has 1 amide bonds. The maximum Gasteiger partial charge on any atom is 0.317 e. The predicted octanol–water partition coefficient (Wildman–Crippen LogP) is 3.41. The van der Waals surface area contributed by atoms with Crippen LogP contribution < -0.4 is 10.1 Å². The summed E-state index contributed by atoms with van der Waals surface area (Å²) in [5.41, 5.74) is -0.146. The van der Waals surface area contributed by atoms with E-state index in [-0.39, 0.29) is 24.1 Å². The number of carbonyl (C=O) groups excluding carboxylic acids is 3. The lowest BCUT2D eigenvalue weighted by Crippen LogP contribution is -2.42. The average Bonchev–Trinajstić information content (AvgIpc) is 3.40. The van der Waals surface area contributed by atoms with E-state index in [9.17, 15) is 14.4 Å². The number of Topliss-reactive ketones (excluding diaryl/α,β-unsaturated/α-hetero) is 1. The van der Waals surface area contributed by atoms with Crippen LogP contribution >= 0.6 is 0 Å². The van der Waals surface area contributed by atoms with E-state index < -0.39 is 5.41 Å². The third-order valence-corrected chi connectivity index (χ3v) is 5.16. The summed E-state index contributed by atoms with van der Waals surface area (Å²) in [6.45, 7) is 1.50. The molecule has 2 aliphatic rings. The monoisotopic (exact) mass is 343 g/mol. The van der Waals surface area contributed by atoms with Crippen molar-refractivity contribution in [2.45, 2.75) is 64.3 Å². The van der Waals surface area contributed by atoms with E-state index in [0.717, 1.165) is 32.1 Å². The van der Waals surface area contributed by atoms with E-state index >= 15 is 0 Å². The van der Waals surface area contributed by atoms with Gasteiger partial charge in [0.25, 0.3) is 0 Å². The number of hydrogen-bond acceptors (Lipinski definition) is 4. The Bertz CT molecular complexity index is 655. The highest BCUT2D eigenvalue weighted by atomic mass is 16.5. The molecule has 0 heterocycles. The van der Waals surface area contributed by atoms with Gasteiger partial charge in [0, 0.05) is 18.0 Å². The van der Waals surface area contributed by atoms with Crippen molar-refractivity contribution in [2.75, 3.05) is 0 Å². The zero-order chi connectivity index (χ0) is 17.9. The molecule has 0 aliphatic heterocycles. The highest BCUT2D eigenvalue weighted by molar-refractivity contribution is 5.94. The van der Waals surface area contributed by atoms with Crippen LogP contribution in [0.25, 0.3) is 0 Å². The Morgan fingerprint density at radius 1 is 1.08 bits per heavy atom. The Hall–Kier alpha value is -2.17. The molecule has 0 saturated heterocycles. The number of hydrogen-bond donors (Lipinski definition) is 1. The van der Waals surface area contributed by atoms with E-state index in [1.165, 1.54) is 6.92 Å². The molecule has 0 aromatic heterocycles. The maximum atomic E-state index is 12.9. The van der Waals surface area contributed by atoms with Crippen molar-refractivity contribution < 1.29 is 19.1 Å². The maximum absolute atomic E-state index is 12.9. The average molecular weight is 343 g/mol. The number of amides is 1. The van der Waals surface area contributed by atoms with Gasteiger partial charge in [0.15, 0.2) is 5.78 Å². The predicted molar refractivity (Wildman–Crippen MR) is 93.4 cm³/mol. The van der Waals surface area contributed by atoms with Gasteiger partial charge in [-0.05, 0) is 56.9 Å². The molecule has 1 aromatic carbocycles. The van der Waals surface area contributed by atoms with Crippen LogP contribution in [0.3, 0.4) is 0 Å². The summed E-state index contributed by atoms with van der Waals surface area (Å²) < 4.78 is 5.58. The third kappa shape index (κ3) is 4.47. The van der Waals surface area contributed by atoms with Gasteiger partial charge in [-0.1, -0.05) is 19.3 Å². The van der Waals surface area contributed by atoms with Crippen molar-refractivity contribution >= 4 is 17.7 Å². The zero-order valence-corrected chi connectivity index (χ0v) is 14.7. The summed E-state index contributed by atoms with van der Waals surface area (Å²) in [5.74, 6) is 0.0166. The molecular weight excluding hydrogens is 318 g/mol. The van der Waals surface area contributed by atoms with Gasteiger partial charge >= 0.3 is 5.97 Å². The normalized spacial score (nSPS) is 19.1. The van der Waals surface area contributed by atoms with Crippen molar-refractivity contribution in [1.82, 2.24) is 5.32 Å². The minimum Gasteiger partial charge on any atom is -0.426 e. The van der Waals surface area contributed by atoms with E-state index in [4.69, 9.17) is 4.74 Å². The lowest BCUT2D eigenvalue weighted by atomic mass is 9.71. The third-order valence-electron chi connectivity index (χ3n) is 5.16. The van der Waals surface area contributed by atoms with Crippen LogP contribution in [0.15, 0.2) is 24.3 Å². The number of rotatable bonds is 6. The summed E-state index contributed by atoms with van der Waals surface area (Å²) in [7, 11) is 0. The van der Waals surface area contributed by atoms with E-state index in [2.05, 4.69) is 5.32 Å². The van der Waals surface area contributed by atoms with E-state index in [1.54, 1.807) is 24.3 Å². The standard InChI is InChI=1S/C20H25NO4/c1-14(22)15-5-9-17(10-6-15)25-19(24)20(11-3-2-4-12-20)13-18(23)21-16-7-8-16/h5-6,9-10,16H,2-4,7-8,11-13H2,1H3,(H,21,23). The first-order chi connectivity index (χ1) is 12.0. The van der Waals surface area contributed by atoms with Crippen LogP contribution in [-0.2, 0) is 9.59 Å². The van der Waals surface area contributed by atoms with Gasteiger partial charge < -0.3 is 10.1 Å². The van der Waals surface area contributed by atoms with Crippen molar-refractivity contribution in [2.24, 2.45) is 5.41 Å². The Balaban J connectivity index is 1.69. The van der Waals surface area contributed by atoms with Crippen LogP contribution in [0.5, 0.6) is 5.75 Å². The molecule has 5 nitrogen and oxygen atoms in total. The SMILES string of the molecule is CC(=O)c1ccc(OC(=O)C2(CC(=O)NC3CC3)CCCCC2)cc1. The minimum atomic E-state index is -0.726. The second kappa shape index (κ2) is 7.38. The second-order valence-electron chi connectivity index (χ2n) is 7.33. The Labute approximate surface area is 148 Å². The van der Waals surface area contributed by atoms with Crippen molar-refractivity contribution in [3.8, 4) is 5.75 Å². The van der Waals surface area contributed by atoms with Crippen LogP contribution in [0, 0.1) is 5.41 Å². The Morgan fingerprint density at radius 2 is 1.72 bits per heavy atom. The summed E-state index contributed by atoms with van der Waals surface area (Å²) >= 11 is 0. The molecule has 25 heavy (non-hydrogen) atoms. The fourth-order valence-corrected chi connectivity index (χ4v) is 3.47. The molecule has 134 valence electrons. The first-order valence-electron chi connectivity index (χ1n) is 9.11. The smallest absolute Gasteiger partial charge is 0.317 e. The molecule has 2 aliphatic carbocycles. The van der Waals surface area contributed by atoms with Crippen molar-refractivity contribution in [1.29, 1.82) is 0 Å². The van der Waals surface area contributed by atoms with Gasteiger partial charge in [-0.2, -0.15) is 0 Å². The molecule has 0 atom stereocenters. The highest BCUT2D eigenvalue weighted by Gasteiger charge is 2.43. The first-order valence-corrected chi connectivity index (χ1v) is 9.11. The second-order valence-corrected chi connectivity index (χ2v) is 7.33. The molecule has 1 N–H and O–H groups in total. The fourth-order valence-electron chi connectivity index (χ4n) is 3.47.